The first-order chi connectivity index (χ1) is 7.33. The Morgan fingerprint density at radius 1 is 1.62 bits per heavy atom. The van der Waals surface area contributed by atoms with Gasteiger partial charge in [-0.05, 0) is 6.07 Å². The predicted octanol–water partition coefficient (Wildman–Crippen LogP) is -1.25. The van der Waals surface area contributed by atoms with Gasteiger partial charge >= 0.3 is 5.97 Å². The number of hydrogen-bond donors (Lipinski definition) is 3. The fourth-order valence-corrected chi connectivity index (χ4v) is 2.09. The number of aromatic nitrogens is 1. The minimum absolute atomic E-state index is 0.0209. The zero-order valence-corrected chi connectivity index (χ0v) is 9.31. The molecule has 0 amide bonds. The van der Waals surface area contributed by atoms with Crippen molar-refractivity contribution in [2.24, 2.45) is 7.05 Å². The summed E-state index contributed by atoms with van der Waals surface area (Å²) in [5, 5.41) is 17.3. The molecule has 1 aromatic rings. The summed E-state index contributed by atoms with van der Waals surface area (Å²) in [6, 6.07) is 1.37. The number of aliphatic hydroxyl groups excluding tert-OH is 1. The van der Waals surface area contributed by atoms with E-state index in [4.69, 9.17) is 10.2 Å². The van der Waals surface area contributed by atoms with E-state index >= 15 is 0 Å². The highest BCUT2D eigenvalue weighted by Gasteiger charge is 2.19. The molecule has 0 aliphatic rings. The van der Waals surface area contributed by atoms with Crippen LogP contribution in [0.2, 0.25) is 0 Å². The Kier molecular flexibility index (Phi) is 3.68. The van der Waals surface area contributed by atoms with Crippen molar-refractivity contribution in [2.75, 3.05) is 6.54 Å². The summed E-state index contributed by atoms with van der Waals surface area (Å²) in [7, 11) is -2.10. The Balaban J connectivity index is 2.70. The molecule has 0 saturated carbocycles. The average Bonchev–Trinajstić information content (AvgIpc) is 2.61. The molecular weight excluding hydrogens is 236 g/mol. The molecule has 0 bridgehead atoms. The zero-order valence-electron chi connectivity index (χ0n) is 8.49. The van der Waals surface area contributed by atoms with Crippen LogP contribution in [-0.4, -0.2) is 41.8 Å². The Bertz CT molecular complexity index is 478. The van der Waals surface area contributed by atoms with E-state index in [9.17, 15) is 13.2 Å². The van der Waals surface area contributed by atoms with Crippen LogP contribution in [0.1, 0.15) is 0 Å². The first kappa shape index (κ1) is 12.7. The summed E-state index contributed by atoms with van der Waals surface area (Å²) in [6.45, 7) is -0.563. The number of carboxylic acid groups (broad SMARTS) is 1. The van der Waals surface area contributed by atoms with Gasteiger partial charge in [0.25, 0.3) is 0 Å². The van der Waals surface area contributed by atoms with Gasteiger partial charge in [0.2, 0.25) is 10.0 Å². The van der Waals surface area contributed by atoms with Gasteiger partial charge in [0.05, 0.1) is 4.90 Å². The quantitative estimate of drug-likeness (QED) is 0.603. The number of nitrogens with zero attached hydrogens (tertiary/aromatic N) is 1. The number of rotatable bonds is 5. The molecule has 0 saturated heterocycles. The van der Waals surface area contributed by atoms with Crippen LogP contribution >= 0.6 is 0 Å². The molecule has 3 N–H and O–H groups in total. The topological polar surface area (TPSA) is 109 Å². The van der Waals surface area contributed by atoms with Crippen LogP contribution in [0, 0.1) is 0 Å². The summed E-state index contributed by atoms with van der Waals surface area (Å²) in [4.78, 5) is 10.3. The number of aliphatic hydroxyl groups is 1. The molecule has 16 heavy (non-hydrogen) atoms. The van der Waals surface area contributed by atoms with Gasteiger partial charge in [-0.1, -0.05) is 0 Å². The van der Waals surface area contributed by atoms with E-state index in [1.165, 1.54) is 12.3 Å². The Hall–Kier alpha value is -1.38. The minimum Gasteiger partial charge on any atom is -0.479 e. The van der Waals surface area contributed by atoms with Crippen molar-refractivity contribution in [1.82, 2.24) is 9.29 Å². The molecule has 0 radical (unpaired) electrons. The van der Waals surface area contributed by atoms with Crippen LogP contribution in [0.5, 0.6) is 0 Å². The molecule has 1 heterocycles. The number of carboxylic acids is 1. The normalized spacial score (nSPS) is 13.6. The molecular formula is C8H12N2O5S. The summed E-state index contributed by atoms with van der Waals surface area (Å²) in [5.41, 5.74) is 0. The molecule has 0 aliphatic carbocycles. The number of carbonyl (C=O) groups is 1. The highest BCUT2D eigenvalue weighted by Crippen LogP contribution is 2.07. The van der Waals surface area contributed by atoms with Crippen LogP contribution in [0.3, 0.4) is 0 Å². The smallest absolute Gasteiger partial charge is 0.333 e. The largest absolute Gasteiger partial charge is 0.479 e. The number of aliphatic carboxylic acids is 1. The predicted molar refractivity (Wildman–Crippen MR) is 54.2 cm³/mol. The van der Waals surface area contributed by atoms with E-state index in [1.54, 1.807) is 17.8 Å². The molecule has 0 aliphatic heterocycles. The highest BCUT2D eigenvalue weighted by atomic mass is 32.2. The lowest BCUT2D eigenvalue weighted by molar-refractivity contribution is -0.146. The van der Waals surface area contributed by atoms with Gasteiger partial charge in [0.1, 0.15) is 0 Å². The average molecular weight is 248 g/mol. The van der Waals surface area contributed by atoms with Gasteiger partial charge in [0, 0.05) is 26.0 Å². The summed E-state index contributed by atoms with van der Waals surface area (Å²) < 4.78 is 26.6. The lowest BCUT2D eigenvalue weighted by Crippen LogP contribution is -2.36. The van der Waals surface area contributed by atoms with Gasteiger partial charge in [-0.3, -0.25) is 0 Å². The van der Waals surface area contributed by atoms with Crippen LogP contribution in [0.15, 0.2) is 23.4 Å². The van der Waals surface area contributed by atoms with Crippen molar-refractivity contribution < 1.29 is 23.4 Å². The van der Waals surface area contributed by atoms with Gasteiger partial charge < -0.3 is 14.8 Å². The Labute approximate surface area is 92.4 Å². The number of aryl methyl sites for hydroxylation is 1. The lowest BCUT2D eigenvalue weighted by atomic mass is 10.4. The Morgan fingerprint density at radius 2 is 2.25 bits per heavy atom. The third-order valence-corrected chi connectivity index (χ3v) is 3.28. The summed E-state index contributed by atoms with van der Waals surface area (Å²) in [6.07, 6.45) is 1.16. The molecule has 1 unspecified atom stereocenters. The summed E-state index contributed by atoms with van der Waals surface area (Å²) >= 11 is 0. The summed E-state index contributed by atoms with van der Waals surface area (Å²) in [5.74, 6) is -1.48. The molecule has 1 aromatic heterocycles. The van der Waals surface area contributed by atoms with Crippen LogP contribution in [0.4, 0.5) is 0 Å². The monoisotopic (exact) mass is 248 g/mol. The van der Waals surface area contributed by atoms with E-state index in [0.29, 0.717) is 0 Å². The second-order valence-corrected chi connectivity index (χ2v) is 4.99. The second-order valence-electron chi connectivity index (χ2n) is 3.22. The first-order valence-corrected chi connectivity index (χ1v) is 5.84. The molecule has 7 nitrogen and oxygen atoms in total. The number of sulfonamides is 1. The van der Waals surface area contributed by atoms with Crippen molar-refractivity contribution >= 4 is 16.0 Å². The van der Waals surface area contributed by atoms with Gasteiger partial charge in [0.15, 0.2) is 6.10 Å². The molecule has 0 fully saturated rings. The Morgan fingerprint density at radius 3 is 2.69 bits per heavy atom. The molecule has 0 spiro atoms. The first-order valence-electron chi connectivity index (χ1n) is 4.35. The molecule has 1 atom stereocenters. The zero-order chi connectivity index (χ0) is 12.3. The van der Waals surface area contributed by atoms with Crippen LogP contribution < -0.4 is 4.72 Å². The van der Waals surface area contributed by atoms with Crippen molar-refractivity contribution in [3.8, 4) is 0 Å². The molecule has 0 aromatic carbocycles. The third kappa shape index (κ3) is 3.05. The van der Waals surface area contributed by atoms with E-state index in [2.05, 4.69) is 0 Å². The van der Waals surface area contributed by atoms with Crippen molar-refractivity contribution in [2.45, 2.75) is 11.0 Å². The van der Waals surface area contributed by atoms with E-state index < -0.39 is 28.6 Å². The molecule has 8 heteroatoms. The lowest BCUT2D eigenvalue weighted by Gasteiger charge is -2.07. The third-order valence-electron chi connectivity index (χ3n) is 1.87. The van der Waals surface area contributed by atoms with Gasteiger partial charge in [-0.25, -0.2) is 17.9 Å². The van der Waals surface area contributed by atoms with Crippen molar-refractivity contribution in [3.05, 3.63) is 18.5 Å². The maximum Gasteiger partial charge on any atom is 0.333 e. The van der Waals surface area contributed by atoms with Gasteiger partial charge in [-0.2, -0.15) is 0 Å². The van der Waals surface area contributed by atoms with E-state index in [-0.39, 0.29) is 4.90 Å². The van der Waals surface area contributed by atoms with Crippen LogP contribution in [-0.2, 0) is 21.9 Å². The minimum atomic E-state index is -3.76. The van der Waals surface area contributed by atoms with Crippen molar-refractivity contribution in [3.63, 3.8) is 0 Å². The maximum atomic E-state index is 11.5. The fraction of sp³-hybridized carbons (Fsp3) is 0.375. The van der Waals surface area contributed by atoms with Crippen LogP contribution in [0.25, 0.3) is 0 Å². The highest BCUT2D eigenvalue weighted by molar-refractivity contribution is 7.89. The van der Waals surface area contributed by atoms with Gasteiger partial charge in [-0.15, -0.1) is 0 Å². The number of hydrogen-bond acceptors (Lipinski definition) is 4. The molecule has 90 valence electrons. The SMILES string of the molecule is Cn1ccc(S(=O)(=O)NCC(O)C(=O)O)c1. The fourth-order valence-electron chi connectivity index (χ4n) is 0.996. The standard InChI is InChI=1S/C8H12N2O5S/c1-10-3-2-6(5-10)16(14,15)9-4-7(11)8(12)13/h2-3,5,7,9,11H,4H2,1H3,(H,12,13). The molecule has 1 rings (SSSR count). The second kappa shape index (κ2) is 4.64. The maximum absolute atomic E-state index is 11.5. The van der Waals surface area contributed by atoms with E-state index in [0.717, 1.165) is 0 Å². The number of nitrogens with one attached hydrogen (secondary N) is 1. The van der Waals surface area contributed by atoms with Crippen molar-refractivity contribution in [1.29, 1.82) is 0 Å². The van der Waals surface area contributed by atoms with E-state index in [1.807, 2.05) is 4.72 Å².